The Bertz CT molecular complexity index is 1310. The fraction of sp³-hybridized carbons (Fsp3) is 0.276. The van der Waals surface area contributed by atoms with Crippen molar-refractivity contribution in [2.24, 2.45) is 10.8 Å². The number of rotatable bonds is 7. The minimum atomic E-state index is -1.75. The van der Waals surface area contributed by atoms with Crippen molar-refractivity contribution in [1.82, 2.24) is 0 Å². The lowest BCUT2D eigenvalue weighted by atomic mass is 9.78. The number of esters is 2. The molecule has 1 heterocycles. The maximum atomic E-state index is 14.1. The first-order valence-electron chi connectivity index (χ1n) is 12.1. The molecule has 1 saturated carbocycles. The van der Waals surface area contributed by atoms with Crippen LogP contribution in [0.15, 0.2) is 84.9 Å². The molecule has 1 aliphatic carbocycles. The summed E-state index contributed by atoms with van der Waals surface area (Å²) in [5.41, 5.74) is -1.26. The quantitative estimate of drug-likeness (QED) is 0.372. The Morgan fingerprint density at radius 3 is 1.97 bits per heavy atom. The van der Waals surface area contributed by atoms with Crippen molar-refractivity contribution >= 4 is 29.2 Å². The summed E-state index contributed by atoms with van der Waals surface area (Å²) in [5.74, 6) is -1.37. The van der Waals surface area contributed by atoms with E-state index in [1.54, 1.807) is 55.6 Å². The fourth-order valence-electron chi connectivity index (χ4n) is 5.62. The number of nitrogens with zero attached hydrogens (tertiary/aromatic N) is 1. The molecule has 9 heteroatoms. The van der Waals surface area contributed by atoms with Crippen LogP contribution in [-0.2, 0) is 28.7 Å². The first-order chi connectivity index (χ1) is 18.4. The van der Waals surface area contributed by atoms with Crippen LogP contribution < -0.4 is 15.1 Å². The van der Waals surface area contributed by atoms with E-state index in [1.165, 1.54) is 19.3 Å². The molecular formula is C29H28N2O7. The van der Waals surface area contributed by atoms with Crippen LogP contribution >= 0.6 is 0 Å². The van der Waals surface area contributed by atoms with Crippen LogP contribution in [-0.4, -0.2) is 45.2 Å². The van der Waals surface area contributed by atoms with Gasteiger partial charge in [-0.2, -0.15) is 0 Å². The van der Waals surface area contributed by atoms with Crippen LogP contribution in [0.1, 0.15) is 18.1 Å². The highest BCUT2D eigenvalue weighted by Gasteiger charge is 2.88. The van der Waals surface area contributed by atoms with Crippen LogP contribution in [0.25, 0.3) is 0 Å². The van der Waals surface area contributed by atoms with E-state index in [4.69, 9.17) is 19.0 Å². The van der Waals surface area contributed by atoms with Gasteiger partial charge in [-0.3, -0.25) is 19.2 Å². The molecule has 9 nitrogen and oxygen atoms in total. The Morgan fingerprint density at radius 2 is 1.42 bits per heavy atom. The Morgan fingerprint density at radius 1 is 0.842 bits per heavy atom. The zero-order valence-electron chi connectivity index (χ0n) is 21.2. The van der Waals surface area contributed by atoms with E-state index >= 15 is 0 Å². The number of methoxy groups -OCH3 is 3. The van der Waals surface area contributed by atoms with Crippen molar-refractivity contribution in [3.8, 4) is 5.75 Å². The highest BCUT2D eigenvalue weighted by molar-refractivity contribution is 6.09. The molecule has 3 aromatic carbocycles. The van der Waals surface area contributed by atoms with E-state index in [0.717, 1.165) is 0 Å². The van der Waals surface area contributed by atoms with Crippen molar-refractivity contribution in [1.29, 1.82) is 0 Å². The van der Waals surface area contributed by atoms with E-state index in [9.17, 15) is 14.4 Å². The molecule has 1 aliphatic heterocycles. The molecule has 0 unspecified atom stereocenters. The van der Waals surface area contributed by atoms with Gasteiger partial charge < -0.3 is 19.5 Å². The number of hydrogen-bond acceptors (Lipinski definition) is 8. The summed E-state index contributed by atoms with van der Waals surface area (Å²) in [6.07, 6.45) is -0.839. The number of anilines is 2. The molecule has 5 rings (SSSR count). The van der Waals surface area contributed by atoms with E-state index < -0.39 is 40.8 Å². The highest BCUT2D eigenvalue weighted by atomic mass is 16.7. The van der Waals surface area contributed by atoms with Crippen molar-refractivity contribution in [3.05, 3.63) is 90.5 Å². The third-order valence-corrected chi connectivity index (χ3v) is 7.42. The molecule has 1 saturated heterocycles. The van der Waals surface area contributed by atoms with Gasteiger partial charge in [0.15, 0.2) is 5.41 Å². The Balaban J connectivity index is 1.69. The highest BCUT2D eigenvalue weighted by Crippen LogP contribution is 2.76. The molecule has 3 atom stereocenters. The van der Waals surface area contributed by atoms with Gasteiger partial charge in [-0.25, -0.2) is 5.06 Å². The van der Waals surface area contributed by atoms with Gasteiger partial charge in [-0.15, -0.1) is 0 Å². The van der Waals surface area contributed by atoms with E-state index in [2.05, 4.69) is 5.32 Å². The second-order valence-corrected chi connectivity index (χ2v) is 9.28. The molecule has 1 spiro atoms. The number of carbonyl (C=O) groups is 3. The van der Waals surface area contributed by atoms with Crippen molar-refractivity contribution in [2.75, 3.05) is 31.7 Å². The summed E-state index contributed by atoms with van der Waals surface area (Å²) in [4.78, 5) is 47.3. The van der Waals surface area contributed by atoms with Crippen LogP contribution in [0.3, 0.4) is 0 Å². The molecule has 0 aromatic heterocycles. The van der Waals surface area contributed by atoms with E-state index in [-0.39, 0.29) is 6.42 Å². The molecule has 1 amide bonds. The minimum Gasteiger partial charge on any atom is -0.497 e. The molecule has 1 N–H and O–H groups in total. The average Bonchev–Trinajstić information content (AvgIpc) is 3.53. The molecule has 0 radical (unpaired) electrons. The molecule has 3 aromatic rings. The second kappa shape index (κ2) is 9.83. The van der Waals surface area contributed by atoms with Gasteiger partial charge in [-0.05, 0) is 48.4 Å². The lowest BCUT2D eigenvalue weighted by Crippen LogP contribution is -2.48. The Labute approximate surface area is 220 Å². The maximum Gasteiger partial charge on any atom is 0.324 e. The molecule has 2 aliphatic rings. The Kier molecular flexibility index (Phi) is 6.54. The summed E-state index contributed by atoms with van der Waals surface area (Å²) in [7, 11) is 3.99. The predicted molar refractivity (Wildman–Crippen MR) is 138 cm³/mol. The molecular weight excluding hydrogens is 488 g/mol. The van der Waals surface area contributed by atoms with Gasteiger partial charge in [0.2, 0.25) is 5.91 Å². The molecule has 0 bridgehead atoms. The number of hydrogen-bond donors (Lipinski definition) is 1. The number of nitrogens with one attached hydrogen (secondary N) is 1. The number of benzene rings is 3. The van der Waals surface area contributed by atoms with Crippen molar-refractivity contribution in [3.63, 3.8) is 0 Å². The smallest absolute Gasteiger partial charge is 0.324 e. The standard InChI is InChI=1S/C29H28N2O7/c1-35-22-16-14-21(15-17-22)31-23(25(32)30-20-12-8-5-9-13-20)28(24(38-31)19-10-6-4-7-11-19)18-29(28,26(33)36-2)27(34)37-3/h4-17,23-24H,18H2,1-3H3,(H,30,32)/t23-,24+,28-/m0/s1. The van der Waals surface area contributed by atoms with Gasteiger partial charge in [0.05, 0.1) is 32.4 Å². The minimum absolute atomic E-state index is 0.00155. The molecule has 38 heavy (non-hydrogen) atoms. The molecule has 196 valence electrons. The first-order valence-corrected chi connectivity index (χ1v) is 12.1. The summed E-state index contributed by atoms with van der Waals surface area (Å²) >= 11 is 0. The van der Waals surface area contributed by atoms with Gasteiger partial charge in [0, 0.05) is 5.69 Å². The lowest BCUT2D eigenvalue weighted by Gasteiger charge is -2.28. The maximum absolute atomic E-state index is 14.1. The number of ether oxygens (including phenoxy) is 3. The third-order valence-electron chi connectivity index (χ3n) is 7.42. The Hall–Kier alpha value is -4.37. The normalized spacial score (nSPS) is 23.0. The summed E-state index contributed by atoms with van der Waals surface area (Å²) < 4.78 is 15.5. The number of amides is 1. The summed E-state index contributed by atoms with van der Waals surface area (Å²) in [5, 5.41) is 4.41. The largest absolute Gasteiger partial charge is 0.497 e. The zero-order chi connectivity index (χ0) is 26.9. The molecule has 2 fully saturated rings. The predicted octanol–water partition coefficient (Wildman–Crippen LogP) is 3.92. The first kappa shape index (κ1) is 25.3. The van der Waals surface area contributed by atoms with Crippen LogP contribution in [0, 0.1) is 10.8 Å². The monoisotopic (exact) mass is 516 g/mol. The van der Waals surface area contributed by atoms with E-state index in [0.29, 0.717) is 22.7 Å². The van der Waals surface area contributed by atoms with Crippen molar-refractivity contribution < 1.29 is 33.4 Å². The third kappa shape index (κ3) is 3.78. The van der Waals surface area contributed by atoms with Crippen LogP contribution in [0.5, 0.6) is 5.75 Å². The average molecular weight is 517 g/mol. The summed E-state index contributed by atoms with van der Waals surface area (Å²) in [6.45, 7) is 0. The SMILES string of the molecule is COC(=O)C1(C(=O)OC)C[C@]12[C@@H](c1ccccc1)ON(c1ccc(OC)cc1)[C@H]2C(=O)Nc1ccccc1. The zero-order valence-corrected chi connectivity index (χ0v) is 21.2. The number of para-hydroxylation sites is 1. The van der Waals surface area contributed by atoms with Gasteiger partial charge >= 0.3 is 11.9 Å². The number of hydroxylamine groups is 1. The lowest BCUT2D eigenvalue weighted by molar-refractivity contribution is -0.164. The number of carbonyl (C=O) groups excluding carboxylic acids is 3. The van der Waals surface area contributed by atoms with Crippen LogP contribution in [0.2, 0.25) is 0 Å². The topological polar surface area (TPSA) is 103 Å². The van der Waals surface area contributed by atoms with Gasteiger partial charge in [0.25, 0.3) is 0 Å². The second-order valence-electron chi connectivity index (χ2n) is 9.28. The van der Waals surface area contributed by atoms with Gasteiger partial charge in [-0.1, -0.05) is 48.5 Å². The van der Waals surface area contributed by atoms with Gasteiger partial charge in [0.1, 0.15) is 17.9 Å². The fourth-order valence-corrected chi connectivity index (χ4v) is 5.62. The van der Waals surface area contributed by atoms with Crippen LogP contribution in [0.4, 0.5) is 11.4 Å². The van der Waals surface area contributed by atoms with E-state index in [1.807, 2.05) is 36.4 Å². The summed E-state index contributed by atoms with van der Waals surface area (Å²) in [6, 6.07) is 24.1. The van der Waals surface area contributed by atoms with Crippen molar-refractivity contribution in [2.45, 2.75) is 18.6 Å².